The minimum Gasteiger partial charge on any atom is -0.262 e. The number of anilines is 1. The van der Waals surface area contributed by atoms with Gasteiger partial charge in [0.2, 0.25) is 0 Å². The molecule has 0 saturated carbocycles. The molecule has 1 aromatic heterocycles. The van der Waals surface area contributed by atoms with E-state index in [-0.39, 0.29) is 15.7 Å². The molecule has 0 aliphatic heterocycles. The first-order valence-electron chi connectivity index (χ1n) is 4.88. The average molecular weight is 348 g/mol. The Hall–Kier alpha value is -1.11. The first-order chi connectivity index (χ1) is 8.50. The van der Waals surface area contributed by atoms with E-state index in [0.29, 0.717) is 4.47 Å². The van der Waals surface area contributed by atoms with Crippen LogP contribution >= 0.6 is 27.5 Å². The van der Waals surface area contributed by atoms with Gasteiger partial charge in [0.05, 0.1) is 5.02 Å². The van der Waals surface area contributed by atoms with E-state index < -0.39 is 10.0 Å². The van der Waals surface area contributed by atoms with Crippen LogP contribution in [0, 0.1) is 0 Å². The molecule has 0 bridgehead atoms. The maximum atomic E-state index is 12.1. The summed E-state index contributed by atoms with van der Waals surface area (Å²) in [5.41, 5.74) is 0. The maximum absolute atomic E-state index is 12.1. The second-order valence-corrected chi connectivity index (χ2v) is 6.28. The molecule has 2 aromatic rings. The van der Waals surface area contributed by atoms with Crippen molar-refractivity contribution < 1.29 is 8.42 Å². The van der Waals surface area contributed by atoms with Gasteiger partial charge in [-0.2, -0.15) is 0 Å². The molecule has 0 fully saturated rings. The monoisotopic (exact) mass is 346 g/mol. The lowest BCUT2D eigenvalue weighted by atomic mass is 10.4. The summed E-state index contributed by atoms with van der Waals surface area (Å²) in [6.07, 6.45) is 1.46. The van der Waals surface area contributed by atoms with Crippen LogP contribution in [0.3, 0.4) is 0 Å². The lowest BCUT2D eigenvalue weighted by Gasteiger charge is -2.09. The van der Waals surface area contributed by atoms with Crippen LogP contribution < -0.4 is 4.72 Å². The summed E-state index contributed by atoms with van der Waals surface area (Å²) in [6.45, 7) is 0. The smallest absolute Gasteiger partial charge is 0.262 e. The molecule has 1 aromatic carbocycles. The Morgan fingerprint density at radius 3 is 2.56 bits per heavy atom. The van der Waals surface area contributed by atoms with E-state index in [4.69, 9.17) is 11.6 Å². The van der Waals surface area contributed by atoms with Gasteiger partial charge in [0.15, 0.2) is 5.82 Å². The lowest BCUT2D eigenvalue weighted by molar-refractivity contribution is 0.600. The zero-order chi connectivity index (χ0) is 13.2. The maximum Gasteiger partial charge on any atom is 0.264 e. The van der Waals surface area contributed by atoms with Crippen molar-refractivity contribution in [3.8, 4) is 0 Å². The van der Waals surface area contributed by atoms with Crippen molar-refractivity contribution in [3.05, 3.63) is 52.1 Å². The molecule has 0 spiro atoms. The number of nitrogens with one attached hydrogen (secondary N) is 1. The highest BCUT2D eigenvalue weighted by Gasteiger charge is 2.18. The molecule has 0 aliphatic rings. The van der Waals surface area contributed by atoms with Gasteiger partial charge < -0.3 is 0 Å². The average Bonchev–Trinajstić information content (AvgIpc) is 2.32. The molecule has 18 heavy (non-hydrogen) atoms. The molecular formula is C11H8BrClN2O2S. The molecule has 0 amide bonds. The lowest BCUT2D eigenvalue weighted by Crippen LogP contribution is -2.14. The van der Waals surface area contributed by atoms with E-state index in [1.165, 1.54) is 12.3 Å². The highest BCUT2D eigenvalue weighted by Crippen LogP contribution is 2.25. The Bertz CT molecular complexity index is 676. The number of aromatic nitrogens is 1. The van der Waals surface area contributed by atoms with Gasteiger partial charge in [-0.1, -0.05) is 23.7 Å². The fraction of sp³-hybridized carbons (Fsp3) is 0. The first kappa shape index (κ1) is 13.3. The molecule has 7 heteroatoms. The Balaban J connectivity index is 2.40. The van der Waals surface area contributed by atoms with Gasteiger partial charge in [0, 0.05) is 10.7 Å². The van der Waals surface area contributed by atoms with Gasteiger partial charge in [-0.3, -0.25) is 4.72 Å². The molecule has 0 radical (unpaired) electrons. The molecule has 0 aliphatic carbocycles. The zero-order valence-corrected chi connectivity index (χ0v) is 12.1. The summed E-state index contributed by atoms with van der Waals surface area (Å²) < 4.78 is 27.1. The molecule has 94 valence electrons. The highest BCUT2D eigenvalue weighted by molar-refractivity contribution is 9.10. The van der Waals surface area contributed by atoms with Crippen molar-refractivity contribution in [2.24, 2.45) is 0 Å². The minimum absolute atomic E-state index is 0.106. The molecule has 1 heterocycles. The van der Waals surface area contributed by atoms with Crippen LogP contribution in [0.5, 0.6) is 0 Å². The Labute approximate surface area is 118 Å². The van der Waals surface area contributed by atoms with Crippen molar-refractivity contribution in [3.63, 3.8) is 0 Å². The first-order valence-corrected chi connectivity index (χ1v) is 7.54. The van der Waals surface area contributed by atoms with Gasteiger partial charge in [-0.25, -0.2) is 13.4 Å². The van der Waals surface area contributed by atoms with E-state index in [0.717, 1.165) is 0 Å². The third kappa shape index (κ3) is 2.82. The molecule has 4 nitrogen and oxygen atoms in total. The molecular weight excluding hydrogens is 340 g/mol. The standard InChI is InChI=1S/C11H8BrClN2O2S/c12-8-4-1-2-6-10(8)18(16,17)15-11-9(13)5-3-7-14-11/h1-7H,(H,14,15). The second-order valence-electron chi connectivity index (χ2n) is 3.37. The molecule has 0 unspecified atom stereocenters. The van der Waals surface area contributed by atoms with Crippen LogP contribution in [0.15, 0.2) is 52.0 Å². The SMILES string of the molecule is O=S(=O)(Nc1ncccc1Cl)c1ccccc1Br. The van der Waals surface area contributed by atoms with Gasteiger partial charge in [-0.15, -0.1) is 0 Å². The number of hydrogen-bond acceptors (Lipinski definition) is 3. The van der Waals surface area contributed by atoms with Crippen molar-refractivity contribution in [1.29, 1.82) is 0 Å². The number of nitrogens with zero attached hydrogens (tertiary/aromatic N) is 1. The molecule has 1 N–H and O–H groups in total. The summed E-state index contributed by atoms with van der Waals surface area (Å²) in [6, 6.07) is 9.69. The fourth-order valence-electron chi connectivity index (χ4n) is 1.31. The summed E-state index contributed by atoms with van der Waals surface area (Å²) in [5, 5.41) is 0.244. The summed E-state index contributed by atoms with van der Waals surface area (Å²) >= 11 is 9.05. The minimum atomic E-state index is -3.71. The second kappa shape index (κ2) is 5.26. The van der Waals surface area contributed by atoms with Gasteiger partial charge in [0.1, 0.15) is 4.90 Å². The van der Waals surface area contributed by atoms with Crippen LogP contribution in [0.4, 0.5) is 5.82 Å². The van der Waals surface area contributed by atoms with Crippen LogP contribution in [0.25, 0.3) is 0 Å². The normalized spacial score (nSPS) is 11.2. The number of halogens is 2. The van der Waals surface area contributed by atoms with Crippen molar-refractivity contribution >= 4 is 43.4 Å². The Morgan fingerprint density at radius 1 is 1.17 bits per heavy atom. The van der Waals surface area contributed by atoms with Crippen molar-refractivity contribution in [2.75, 3.05) is 4.72 Å². The highest BCUT2D eigenvalue weighted by atomic mass is 79.9. The van der Waals surface area contributed by atoms with E-state index in [2.05, 4.69) is 25.6 Å². The third-order valence-corrected chi connectivity index (χ3v) is 4.77. The van der Waals surface area contributed by atoms with Crippen molar-refractivity contribution in [2.45, 2.75) is 4.90 Å². The summed E-state index contributed by atoms with van der Waals surface area (Å²) in [4.78, 5) is 4.01. The van der Waals surface area contributed by atoms with Crippen LogP contribution in [0.2, 0.25) is 5.02 Å². The van der Waals surface area contributed by atoms with E-state index in [1.807, 2.05) is 0 Å². The molecule has 0 saturated heterocycles. The molecule has 2 rings (SSSR count). The summed E-state index contributed by atoms with van der Waals surface area (Å²) in [5.74, 6) is 0.106. The zero-order valence-electron chi connectivity index (χ0n) is 8.97. The number of sulfonamides is 1. The van der Waals surface area contributed by atoms with E-state index >= 15 is 0 Å². The summed E-state index contributed by atoms with van der Waals surface area (Å²) in [7, 11) is -3.71. The van der Waals surface area contributed by atoms with Gasteiger partial charge >= 0.3 is 0 Å². The number of hydrogen-bond donors (Lipinski definition) is 1. The number of rotatable bonds is 3. The number of benzene rings is 1. The predicted molar refractivity (Wildman–Crippen MR) is 74.2 cm³/mol. The topological polar surface area (TPSA) is 59.1 Å². The Morgan fingerprint density at radius 2 is 1.89 bits per heavy atom. The van der Waals surface area contributed by atoms with Gasteiger partial charge in [0.25, 0.3) is 10.0 Å². The predicted octanol–water partition coefficient (Wildman–Crippen LogP) is 3.30. The van der Waals surface area contributed by atoms with E-state index in [9.17, 15) is 8.42 Å². The van der Waals surface area contributed by atoms with Crippen molar-refractivity contribution in [1.82, 2.24) is 4.98 Å². The van der Waals surface area contributed by atoms with Crippen LogP contribution in [-0.2, 0) is 10.0 Å². The Kier molecular flexibility index (Phi) is 3.89. The van der Waals surface area contributed by atoms with E-state index in [1.54, 1.807) is 30.3 Å². The quantitative estimate of drug-likeness (QED) is 0.927. The van der Waals surface area contributed by atoms with Crippen LogP contribution in [0.1, 0.15) is 0 Å². The van der Waals surface area contributed by atoms with Crippen LogP contribution in [-0.4, -0.2) is 13.4 Å². The molecule has 0 atom stereocenters. The third-order valence-electron chi connectivity index (χ3n) is 2.12. The largest absolute Gasteiger partial charge is 0.264 e. The number of pyridine rings is 1. The fourth-order valence-corrected chi connectivity index (χ4v) is 3.56. The van der Waals surface area contributed by atoms with Gasteiger partial charge in [-0.05, 0) is 40.2 Å².